The van der Waals surface area contributed by atoms with Crippen molar-refractivity contribution >= 4 is 17.9 Å². The van der Waals surface area contributed by atoms with E-state index in [1.807, 2.05) is 0 Å². The van der Waals surface area contributed by atoms with E-state index in [9.17, 15) is 14.4 Å². The summed E-state index contributed by atoms with van der Waals surface area (Å²) in [5.74, 6) is -0.973. The zero-order valence-corrected chi connectivity index (χ0v) is 49.1. The first-order valence-corrected chi connectivity index (χ1v) is 30.6. The second kappa shape index (κ2) is 63.3. The Kier molecular flexibility index (Phi) is 59.0. The molecule has 0 bridgehead atoms. The fourth-order valence-corrected chi connectivity index (χ4v) is 7.69. The van der Waals surface area contributed by atoms with Crippen LogP contribution in [0, 0.1) is 0 Å². The summed E-state index contributed by atoms with van der Waals surface area (Å²) in [5, 5.41) is 0. The number of unbranched alkanes of at least 4 members (excludes halogenated alkanes) is 14. The predicted molar refractivity (Wildman–Crippen MR) is 334 cm³/mol. The number of ether oxygens (including phenoxy) is 3. The normalized spacial score (nSPS) is 13.3. The van der Waals surface area contributed by atoms with E-state index in [2.05, 4.69) is 191 Å². The molecule has 0 aromatic rings. The van der Waals surface area contributed by atoms with Crippen molar-refractivity contribution in [2.24, 2.45) is 0 Å². The van der Waals surface area contributed by atoms with Crippen LogP contribution in [0.2, 0.25) is 0 Å². The molecule has 0 amide bonds. The minimum Gasteiger partial charge on any atom is -0.462 e. The highest BCUT2D eigenvalue weighted by atomic mass is 16.6. The molecule has 0 saturated heterocycles. The molecule has 77 heavy (non-hydrogen) atoms. The van der Waals surface area contributed by atoms with E-state index in [1.165, 1.54) is 25.7 Å². The molecule has 0 heterocycles. The van der Waals surface area contributed by atoms with Crippen LogP contribution in [0.1, 0.15) is 239 Å². The van der Waals surface area contributed by atoms with Crippen LogP contribution in [0.15, 0.2) is 170 Å². The Balaban J connectivity index is 4.31. The van der Waals surface area contributed by atoms with E-state index in [-0.39, 0.29) is 31.1 Å². The first kappa shape index (κ1) is 71.8. The topological polar surface area (TPSA) is 78.9 Å². The Hall–Kier alpha value is -5.23. The van der Waals surface area contributed by atoms with E-state index in [0.717, 1.165) is 173 Å². The summed E-state index contributed by atoms with van der Waals surface area (Å²) in [6.45, 7) is 6.31. The molecule has 430 valence electrons. The van der Waals surface area contributed by atoms with Gasteiger partial charge < -0.3 is 14.2 Å². The fraction of sp³-hybridized carbons (Fsp3) is 0.563. The molecule has 0 N–H and O–H groups in total. The average molecular weight is 1060 g/mol. The van der Waals surface area contributed by atoms with Gasteiger partial charge in [-0.05, 0) is 135 Å². The molecule has 0 fully saturated rings. The lowest BCUT2D eigenvalue weighted by atomic mass is 10.1. The van der Waals surface area contributed by atoms with Gasteiger partial charge in [0.1, 0.15) is 13.2 Å². The average Bonchev–Trinajstić information content (AvgIpc) is 3.43. The Labute approximate surface area is 472 Å². The van der Waals surface area contributed by atoms with Crippen LogP contribution in [0.3, 0.4) is 0 Å². The summed E-state index contributed by atoms with van der Waals surface area (Å²) in [6.07, 6.45) is 93.7. The third-order valence-electron chi connectivity index (χ3n) is 12.2. The predicted octanol–water partition coefficient (Wildman–Crippen LogP) is 21.1. The van der Waals surface area contributed by atoms with Gasteiger partial charge in [0.2, 0.25) is 0 Å². The Morgan fingerprint density at radius 2 is 0.506 bits per heavy atom. The minimum atomic E-state index is -0.809. The molecule has 1 unspecified atom stereocenters. The fourth-order valence-electron chi connectivity index (χ4n) is 7.69. The van der Waals surface area contributed by atoms with Gasteiger partial charge in [-0.1, -0.05) is 255 Å². The van der Waals surface area contributed by atoms with Gasteiger partial charge in [-0.15, -0.1) is 0 Å². The minimum absolute atomic E-state index is 0.104. The van der Waals surface area contributed by atoms with Gasteiger partial charge in [0.05, 0.1) is 0 Å². The number of carbonyl (C=O) groups excluding carboxylic acids is 3. The van der Waals surface area contributed by atoms with Gasteiger partial charge in [0.15, 0.2) is 6.10 Å². The van der Waals surface area contributed by atoms with Gasteiger partial charge in [0, 0.05) is 19.3 Å². The number of esters is 3. The lowest BCUT2D eigenvalue weighted by Gasteiger charge is -2.18. The lowest BCUT2D eigenvalue weighted by molar-refractivity contribution is -0.167. The Morgan fingerprint density at radius 1 is 0.273 bits per heavy atom. The van der Waals surface area contributed by atoms with Crippen molar-refractivity contribution in [1.29, 1.82) is 0 Å². The molecule has 0 spiro atoms. The van der Waals surface area contributed by atoms with Crippen molar-refractivity contribution in [3.8, 4) is 0 Å². The van der Waals surface area contributed by atoms with Crippen molar-refractivity contribution in [2.45, 2.75) is 245 Å². The molecular weight excluding hydrogens is 949 g/mol. The number of hydrogen-bond acceptors (Lipinski definition) is 6. The molecule has 0 aromatic heterocycles. The van der Waals surface area contributed by atoms with E-state index in [4.69, 9.17) is 14.2 Å². The first-order valence-electron chi connectivity index (χ1n) is 30.6. The van der Waals surface area contributed by atoms with E-state index < -0.39 is 6.10 Å². The summed E-state index contributed by atoms with van der Waals surface area (Å²) in [5.41, 5.74) is 0. The highest BCUT2D eigenvalue weighted by molar-refractivity contribution is 5.71. The molecule has 0 radical (unpaired) electrons. The molecule has 0 aromatic carbocycles. The smallest absolute Gasteiger partial charge is 0.306 e. The van der Waals surface area contributed by atoms with Crippen LogP contribution >= 0.6 is 0 Å². The van der Waals surface area contributed by atoms with Crippen molar-refractivity contribution in [3.63, 3.8) is 0 Å². The number of carbonyl (C=O) groups is 3. The molecule has 0 aliphatic heterocycles. The van der Waals surface area contributed by atoms with Crippen LogP contribution in [-0.4, -0.2) is 37.2 Å². The molecule has 0 saturated carbocycles. The highest BCUT2D eigenvalue weighted by Gasteiger charge is 2.19. The van der Waals surface area contributed by atoms with E-state index >= 15 is 0 Å². The standard InChI is InChI=1S/C71H110O6/c1-4-7-10-13-16-18-20-22-24-26-28-30-31-32-33-34-35-36-37-38-39-41-42-44-46-48-50-52-55-58-61-64-70(73)76-67-68(66-75-69(72)63-60-57-54-15-12-9-6-3)77-71(74)65-62-59-56-53-51-49-47-45-43-40-29-27-25-23-21-19-17-14-11-8-5-2/h7-8,10-11,16-19,22-25,28-30,32-33,35-36,38-40,42,44-45,47-48,50,68H,4-6,9,12-15,20-21,26-27,31,34,37,41,43,46,49,51-67H2,1-3H3/b10-7-,11-8-,18-16-,19-17-,24-22-,25-23-,30-28-,33-32-,36-35-,39-38-,40-29-,44-42-,47-45-,50-48-. The molecule has 6 heteroatoms. The monoisotopic (exact) mass is 1060 g/mol. The molecule has 0 rings (SSSR count). The maximum absolute atomic E-state index is 12.8. The van der Waals surface area contributed by atoms with Crippen LogP contribution in [0.4, 0.5) is 0 Å². The Bertz CT molecular complexity index is 1790. The summed E-state index contributed by atoms with van der Waals surface area (Å²) in [4.78, 5) is 38.0. The lowest BCUT2D eigenvalue weighted by Crippen LogP contribution is -2.30. The number of rotatable bonds is 53. The molecule has 1 atom stereocenters. The van der Waals surface area contributed by atoms with Gasteiger partial charge in [0.25, 0.3) is 0 Å². The molecule has 0 aliphatic carbocycles. The van der Waals surface area contributed by atoms with Gasteiger partial charge in [-0.25, -0.2) is 0 Å². The maximum atomic E-state index is 12.8. The van der Waals surface area contributed by atoms with Crippen LogP contribution in [0.25, 0.3) is 0 Å². The zero-order valence-electron chi connectivity index (χ0n) is 49.1. The first-order chi connectivity index (χ1) is 38.0. The third kappa shape index (κ3) is 61.5. The van der Waals surface area contributed by atoms with Crippen molar-refractivity contribution in [1.82, 2.24) is 0 Å². The van der Waals surface area contributed by atoms with Crippen molar-refractivity contribution < 1.29 is 28.6 Å². The highest BCUT2D eigenvalue weighted by Crippen LogP contribution is 2.13. The summed E-state index contributed by atoms with van der Waals surface area (Å²) >= 11 is 0. The third-order valence-corrected chi connectivity index (χ3v) is 12.2. The van der Waals surface area contributed by atoms with Gasteiger partial charge in [-0.2, -0.15) is 0 Å². The summed E-state index contributed by atoms with van der Waals surface area (Å²) in [6, 6.07) is 0. The second-order valence-electron chi connectivity index (χ2n) is 19.5. The quantitative estimate of drug-likeness (QED) is 0.0261. The largest absolute Gasteiger partial charge is 0.462 e. The van der Waals surface area contributed by atoms with Gasteiger partial charge in [-0.3, -0.25) is 14.4 Å². The zero-order chi connectivity index (χ0) is 55.7. The van der Waals surface area contributed by atoms with Crippen molar-refractivity contribution in [2.75, 3.05) is 13.2 Å². The Morgan fingerprint density at radius 3 is 0.805 bits per heavy atom. The van der Waals surface area contributed by atoms with Crippen molar-refractivity contribution in [3.05, 3.63) is 170 Å². The number of hydrogen-bond donors (Lipinski definition) is 0. The van der Waals surface area contributed by atoms with Crippen LogP contribution in [-0.2, 0) is 28.6 Å². The molecular formula is C71H110O6. The van der Waals surface area contributed by atoms with E-state index in [1.54, 1.807) is 0 Å². The SMILES string of the molecule is CC/C=C\C/C=C\C/C=C\C/C=C\C/C=C\C/C=C\C/C=C\C/C=C\C/C=C\CCCCCC(=O)OCC(COC(=O)CCCCCCCCC)OC(=O)CCCCCCC/C=C\C/C=C\C/C=C\C/C=C\C/C=C\CC. The second-order valence-corrected chi connectivity index (χ2v) is 19.5. The summed E-state index contributed by atoms with van der Waals surface area (Å²) < 4.78 is 16.8. The van der Waals surface area contributed by atoms with Crippen LogP contribution in [0.5, 0.6) is 0 Å². The van der Waals surface area contributed by atoms with Gasteiger partial charge >= 0.3 is 17.9 Å². The van der Waals surface area contributed by atoms with Crippen LogP contribution < -0.4 is 0 Å². The maximum Gasteiger partial charge on any atom is 0.306 e. The molecule has 0 aliphatic rings. The van der Waals surface area contributed by atoms with E-state index in [0.29, 0.717) is 19.3 Å². The molecule has 6 nitrogen and oxygen atoms in total. The summed E-state index contributed by atoms with van der Waals surface area (Å²) in [7, 11) is 0. The number of allylic oxidation sites excluding steroid dienone is 28.